The quantitative estimate of drug-likeness (QED) is 0.426. The van der Waals surface area contributed by atoms with Gasteiger partial charge in [-0.3, -0.25) is 4.79 Å². The lowest BCUT2D eigenvalue weighted by molar-refractivity contribution is -0.0500. The van der Waals surface area contributed by atoms with Gasteiger partial charge in [0.25, 0.3) is 0 Å². The highest BCUT2D eigenvalue weighted by atomic mass is 32.2. The van der Waals surface area contributed by atoms with Crippen LogP contribution in [-0.2, 0) is 16.7 Å². The molecule has 0 aromatic heterocycles. The van der Waals surface area contributed by atoms with E-state index in [1.54, 1.807) is 0 Å². The average molecular weight is 388 g/mol. The lowest BCUT2D eigenvalue weighted by atomic mass is 10.1. The average Bonchev–Trinajstić information content (AvgIpc) is 2.53. The number of hydrogen-bond acceptors (Lipinski definition) is 5. The first kappa shape index (κ1) is 19.8. The molecule has 0 aliphatic carbocycles. The number of aryl methyl sites for hydroxylation is 2. The number of halogens is 3. The van der Waals surface area contributed by atoms with Crippen LogP contribution in [0.15, 0.2) is 36.4 Å². The van der Waals surface area contributed by atoms with Crippen LogP contribution in [-0.4, -0.2) is 20.2 Å². The molecule has 2 aromatic carbocycles. The van der Waals surface area contributed by atoms with E-state index in [0.29, 0.717) is 12.0 Å². The molecule has 0 unspecified atom stereocenters. The van der Waals surface area contributed by atoms with Crippen LogP contribution >= 0.6 is 0 Å². The minimum atomic E-state index is -5.80. The number of rotatable bonds is 6. The molecule has 0 aliphatic heterocycles. The van der Waals surface area contributed by atoms with E-state index < -0.39 is 21.4 Å². The van der Waals surface area contributed by atoms with Crippen molar-refractivity contribution in [3.63, 3.8) is 0 Å². The highest BCUT2D eigenvalue weighted by Gasteiger charge is 2.48. The molecule has 0 saturated carbocycles. The summed E-state index contributed by atoms with van der Waals surface area (Å²) in [7, 11) is -5.80. The smallest absolute Gasteiger partial charge is 0.488 e. The zero-order chi connectivity index (χ0) is 19.5. The van der Waals surface area contributed by atoms with Gasteiger partial charge >= 0.3 is 15.6 Å². The van der Waals surface area contributed by atoms with Crippen molar-refractivity contribution >= 4 is 16.4 Å². The number of aldehydes is 1. The molecule has 26 heavy (non-hydrogen) atoms. The van der Waals surface area contributed by atoms with Gasteiger partial charge in [0.2, 0.25) is 0 Å². The van der Waals surface area contributed by atoms with Crippen molar-refractivity contribution in [1.82, 2.24) is 0 Å². The Hall–Kier alpha value is -2.55. The second kappa shape index (κ2) is 7.36. The van der Waals surface area contributed by atoms with Gasteiger partial charge in [0, 0.05) is 11.1 Å². The van der Waals surface area contributed by atoms with Gasteiger partial charge in [0.05, 0.1) is 0 Å². The number of carbonyl (C=O) groups is 1. The van der Waals surface area contributed by atoms with Crippen LogP contribution in [0.3, 0.4) is 0 Å². The molecule has 2 rings (SSSR count). The SMILES string of the molecule is Cc1cccc(C)c1OCc1cc(OS(=O)(=O)C(F)(F)F)ccc1C=O. The largest absolute Gasteiger partial charge is 0.534 e. The maximum Gasteiger partial charge on any atom is 0.534 e. The number of hydrogen-bond donors (Lipinski definition) is 0. The molecule has 0 saturated heterocycles. The normalized spacial score (nSPS) is 11.9. The van der Waals surface area contributed by atoms with Gasteiger partial charge < -0.3 is 8.92 Å². The molecule has 9 heteroatoms. The summed E-state index contributed by atoms with van der Waals surface area (Å²) >= 11 is 0. The van der Waals surface area contributed by atoms with Crippen LogP contribution in [0.25, 0.3) is 0 Å². The Morgan fingerprint density at radius 1 is 1.08 bits per heavy atom. The van der Waals surface area contributed by atoms with Crippen molar-refractivity contribution in [3.8, 4) is 11.5 Å². The van der Waals surface area contributed by atoms with Crippen LogP contribution in [0.5, 0.6) is 11.5 Å². The molecule has 0 fully saturated rings. The lowest BCUT2D eigenvalue weighted by Crippen LogP contribution is -2.28. The molecule has 0 atom stereocenters. The first-order valence-corrected chi connectivity index (χ1v) is 8.74. The summed E-state index contributed by atoms with van der Waals surface area (Å²) in [5.74, 6) is 0.00612. The van der Waals surface area contributed by atoms with Crippen molar-refractivity contribution in [1.29, 1.82) is 0 Å². The first-order chi connectivity index (χ1) is 12.0. The Morgan fingerprint density at radius 2 is 1.69 bits per heavy atom. The molecule has 0 radical (unpaired) electrons. The zero-order valence-corrected chi connectivity index (χ0v) is 14.6. The summed E-state index contributed by atoms with van der Waals surface area (Å²) in [4.78, 5) is 11.1. The van der Waals surface area contributed by atoms with Crippen LogP contribution < -0.4 is 8.92 Å². The minimum absolute atomic E-state index is 0.146. The van der Waals surface area contributed by atoms with Crippen LogP contribution in [0, 0.1) is 13.8 Å². The molecule has 2 aromatic rings. The van der Waals surface area contributed by atoms with E-state index in [1.807, 2.05) is 32.0 Å². The molecule has 0 amide bonds. The summed E-state index contributed by atoms with van der Waals surface area (Å²) in [5, 5.41) is 0. The molecule has 0 bridgehead atoms. The molecule has 0 heterocycles. The van der Waals surface area contributed by atoms with Crippen LogP contribution in [0.2, 0.25) is 0 Å². The number of alkyl halides is 3. The fourth-order valence-electron chi connectivity index (χ4n) is 2.22. The molecule has 5 nitrogen and oxygen atoms in total. The molecule has 140 valence electrons. The predicted molar refractivity (Wildman–Crippen MR) is 87.7 cm³/mol. The molecular weight excluding hydrogens is 373 g/mol. The number of carbonyl (C=O) groups excluding carboxylic acids is 1. The van der Waals surface area contributed by atoms with Crippen molar-refractivity contribution in [2.75, 3.05) is 0 Å². The van der Waals surface area contributed by atoms with Gasteiger partial charge in [-0.05, 0) is 43.2 Å². The Labute approximate surface area is 148 Å². The first-order valence-electron chi connectivity index (χ1n) is 7.33. The van der Waals surface area contributed by atoms with Crippen LogP contribution in [0.4, 0.5) is 13.2 Å². The Balaban J connectivity index is 2.29. The van der Waals surface area contributed by atoms with Crippen LogP contribution in [0.1, 0.15) is 27.0 Å². The summed E-state index contributed by atoms with van der Waals surface area (Å²) in [6, 6.07) is 8.63. The van der Waals surface area contributed by atoms with Crippen molar-refractivity contribution in [2.45, 2.75) is 26.0 Å². The van der Waals surface area contributed by atoms with E-state index in [0.717, 1.165) is 29.3 Å². The van der Waals surface area contributed by atoms with E-state index in [9.17, 15) is 26.4 Å². The summed E-state index contributed by atoms with van der Waals surface area (Å²) in [6.45, 7) is 3.49. The number of ether oxygens (including phenoxy) is 1. The van der Waals surface area contributed by atoms with E-state index >= 15 is 0 Å². The third kappa shape index (κ3) is 4.34. The molecular formula is C17H15F3O5S. The van der Waals surface area contributed by atoms with Gasteiger partial charge in [-0.2, -0.15) is 21.6 Å². The van der Waals surface area contributed by atoms with Gasteiger partial charge in [-0.1, -0.05) is 18.2 Å². The van der Waals surface area contributed by atoms with Gasteiger partial charge in [0.15, 0.2) is 0 Å². The maximum atomic E-state index is 12.4. The molecule has 0 spiro atoms. The topological polar surface area (TPSA) is 69.7 Å². The minimum Gasteiger partial charge on any atom is -0.488 e. The molecule has 0 aliphatic rings. The highest BCUT2D eigenvalue weighted by molar-refractivity contribution is 7.88. The van der Waals surface area contributed by atoms with E-state index in [4.69, 9.17) is 4.74 Å². The summed E-state index contributed by atoms with van der Waals surface area (Å²) in [6.07, 6.45) is 0.492. The van der Waals surface area contributed by atoms with Gasteiger partial charge in [-0.15, -0.1) is 0 Å². The Bertz CT molecular complexity index is 900. The zero-order valence-electron chi connectivity index (χ0n) is 13.8. The Morgan fingerprint density at radius 3 is 2.23 bits per heavy atom. The second-order valence-corrected chi connectivity index (χ2v) is 7.01. The van der Waals surface area contributed by atoms with E-state index in [-0.39, 0.29) is 17.7 Å². The van der Waals surface area contributed by atoms with Crippen molar-refractivity contribution in [3.05, 3.63) is 58.7 Å². The van der Waals surface area contributed by atoms with E-state index in [1.165, 1.54) is 0 Å². The summed E-state index contributed by atoms with van der Waals surface area (Å²) < 4.78 is 69.2. The second-order valence-electron chi connectivity index (χ2n) is 5.47. The fourth-order valence-corrected chi connectivity index (χ4v) is 2.68. The number of benzene rings is 2. The van der Waals surface area contributed by atoms with Crippen molar-refractivity contribution < 1.29 is 35.3 Å². The van der Waals surface area contributed by atoms with E-state index in [2.05, 4.69) is 4.18 Å². The highest BCUT2D eigenvalue weighted by Crippen LogP contribution is 2.29. The van der Waals surface area contributed by atoms with Gasteiger partial charge in [0.1, 0.15) is 24.4 Å². The Kier molecular flexibility index (Phi) is 5.60. The lowest BCUT2D eigenvalue weighted by Gasteiger charge is -2.14. The predicted octanol–water partition coefficient (Wildman–Crippen LogP) is 3.92. The molecule has 0 N–H and O–H groups in total. The summed E-state index contributed by atoms with van der Waals surface area (Å²) in [5.41, 5.74) is -3.54. The number of para-hydroxylation sites is 1. The third-order valence-electron chi connectivity index (χ3n) is 3.51. The monoisotopic (exact) mass is 388 g/mol. The van der Waals surface area contributed by atoms with Crippen molar-refractivity contribution in [2.24, 2.45) is 0 Å². The third-order valence-corrected chi connectivity index (χ3v) is 4.49. The maximum absolute atomic E-state index is 12.4. The van der Waals surface area contributed by atoms with Gasteiger partial charge in [-0.25, -0.2) is 0 Å². The fraction of sp³-hybridized carbons (Fsp3) is 0.235. The standard InChI is InChI=1S/C17H15F3O5S/c1-11-4-3-5-12(2)16(11)24-10-14-8-15(7-6-13(14)9-21)25-26(22,23)17(18,19)20/h3-9H,10H2,1-2H3.